The fraction of sp³-hybridized carbons (Fsp3) is 0.455. The zero-order valence-electron chi connectivity index (χ0n) is 7.68. The summed E-state index contributed by atoms with van der Waals surface area (Å²) in [5.74, 6) is 1.57. The van der Waals surface area contributed by atoms with E-state index in [1.807, 2.05) is 6.08 Å². The predicted molar refractivity (Wildman–Crippen MR) is 51.8 cm³/mol. The van der Waals surface area contributed by atoms with Gasteiger partial charge in [-0.2, -0.15) is 0 Å². The van der Waals surface area contributed by atoms with Crippen LogP contribution in [-0.2, 0) is 4.74 Å². The summed E-state index contributed by atoms with van der Waals surface area (Å²) in [4.78, 5) is 0. The second kappa shape index (κ2) is 4.15. The van der Waals surface area contributed by atoms with Crippen molar-refractivity contribution in [2.24, 2.45) is 5.92 Å². The summed E-state index contributed by atoms with van der Waals surface area (Å²) < 4.78 is 5.52. The molecule has 0 N–H and O–H groups in total. The van der Waals surface area contributed by atoms with Crippen LogP contribution in [0.1, 0.15) is 19.8 Å². The van der Waals surface area contributed by atoms with Crippen LogP contribution in [0.3, 0.4) is 0 Å². The van der Waals surface area contributed by atoms with E-state index in [9.17, 15) is 0 Å². The normalized spacial score (nSPS) is 23.2. The highest BCUT2D eigenvalue weighted by Gasteiger charge is 2.17. The molecule has 0 spiro atoms. The van der Waals surface area contributed by atoms with E-state index in [1.165, 1.54) is 12.0 Å². The Morgan fingerprint density at radius 1 is 1.50 bits per heavy atom. The van der Waals surface area contributed by atoms with Gasteiger partial charge in [0.15, 0.2) is 0 Å². The topological polar surface area (TPSA) is 9.23 Å². The standard InChI is InChI=1S/C11H16O/c1-4-9-7-10(5-2)11(6-3)12-8-9/h5-6,9H,2-4,7-8H2,1H3/t9-/m1/s1. The minimum absolute atomic E-state index is 0.654. The first-order valence-corrected chi connectivity index (χ1v) is 4.42. The monoisotopic (exact) mass is 164 g/mol. The Morgan fingerprint density at radius 2 is 2.25 bits per heavy atom. The summed E-state index contributed by atoms with van der Waals surface area (Å²) >= 11 is 0. The minimum atomic E-state index is 0.654. The van der Waals surface area contributed by atoms with Gasteiger partial charge in [0.05, 0.1) is 6.61 Å². The summed E-state index contributed by atoms with van der Waals surface area (Å²) in [6.07, 6.45) is 5.89. The second-order valence-corrected chi connectivity index (χ2v) is 3.09. The lowest BCUT2D eigenvalue weighted by molar-refractivity contribution is 0.149. The largest absolute Gasteiger partial charge is 0.493 e. The molecule has 0 aromatic carbocycles. The van der Waals surface area contributed by atoms with Crippen LogP contribution >= 0.6 is 0 Å². The summed E-state index contributed by atoms with van der Waals surface area (Å²) in [6, 6.07) is 0. The third-order valence-corrected chi connectivity index (χ3v) is 2.31. The number of ether oxygens (including phenoxy) is 1. The molecule has 1 nitrogen and oxygen atoms in total. The van der Waals surface area contributed by atoms with Gasteiger partial charge >= 0.3 is 0 Å². The van der Waals surface area contributed by atoms with Gasteiger partial charge in [-0.3, -0.25) is 0 Å². The van der Waals surface area contributed by atoms with E-state index in [2.05, 4.69) is 20.1 Å². The van der Waals surface area contributed by atoms with Crippen molar-refractivity contribution in [1.82, 2.24) is 0 Å². The van der Waals surface area contributed by atoms with Crippen molar-refractivity contribution >= 4 is 0 Å². The summed E-state index contributed by atoms with van der Waals surface area (Å²) in [5, 5.41) is 0. The van der Waals surface area contributed by atoms with Crippen molar-refractivity contribution in [3.8, 4) is 0 Å². The first-order chi connectivity index (χ1) is 5.81. The Morgan fingerprint density at radius 3 is 2.75 bits per heavy atom. The Hall–Kier alpha value is -0.980. The van der Waals surface area contributed by atoms with E-state index in [1.54, 1.807) is 6.08 Å². The third kappa shape index (κ3) is 1.79. The molecule has 0 amide bonds. The van der Waals surface area contributed by atoms with Crippen LogP contribution in [-0.4, -0.2) is 6.61 Å². The molecule has 1 aliphatic rings. The maximum Gasteiger partial charge on any atom is 0.121 e. The first-order valence-electron chi connectivity index (χ1n) is 4.42. The molecule has 1 atom stereocenters. The van der Waals surface area contributed by atoms with Gasteiger partial charge in [0.25, 0.3) is 0 Å². The molecule has 0 fully saturated rings. The Bertz CT molecular complexity index is 213. The van der Waals surface area contributed by atoms with Gasteiger partial charge in [0.1, 0.15) is 5.76 Å². The fourth-order valence-corrected chi connectivity index (χ4v) is 1.41. The lowest BCUT2D eigenvalue weighted by Crippen LogP contribution is -2.15. The molecule has 1 heteroatoms. The van der Waals surface area contributed by atoms with Crippen molar-refractivity contribution in [2.45, 2.75) is 19.8 Å². The Balaban J connectivity index is 2.76. The zero-order chi connectivity index (χ0) is 8.97. The Kier molecular flexibility index (Phi) is 3.15. The van der Waals surface area contributed by atoms with Crippen molar-refractivity contribution in [3.63, 3.8) is 0 Å². The number of rotatable bonds is 3. The number of hydrogen-bond donors (Lipinski definition) is 0. The number of hydrogen-bond acceptors (Lipinski definition) is 1. The third-order valence-electron chi connectivity index (χ3n) is 2.31. The number of allylic oxidation sites excluding steroid dienone is 3. The molecule has 1 rings (SSSR count). The van der Waals surface area contributed by atoms with Gasteiger partial charge < -0.3 is 4.74 Å². The van der Waals surface area contributed by atoms with Crippen LogP contribution in [0, 0.1) is 5.92 Å². The fourth-order valence-electron chi connectivity index (χ4n) is 1.41. The van der Waals surface area contributed by atoms with E-state index in [4.69, 9.17) is 4.74 Å². The SMILES string of the molecule is C=CC1=C(C=C)OC[C@H](CC)C1. The highest BCUT2D eigenvalue weighted by atomic mass is 16.5. The van der Waals surface area contributed by atoms with Crippen LogP contribution in [0.4, 0.5) is 0 Å². The molecule has 1 aliphatic heterocycles. The van der Waals surface area contributed by atoms with Crippen molar-refractivity contribution in [2.75, 3.05) is 6.61 Å². The van der Waals surface area contributed by atoms with E-state index in [-0.39, 0.29) is 0 Å². The van der Waals surface area contributed by atoms with Crippen molar-refractivity contribution in [3.05, 3.63) is 36.6 Å². The molecule has 0 bridgehead atoms. The first kappa shape index (κ1) is 9.11. The summed E-state index contributed by atoms with van der Waals surface area (Å²) in [7, 11) is 0. The molecule has 0 unspecified atom stereocenters. The van der Waals surface area contributed by atoms with Gasteiger partial charge in [0.2, 0.25) is 0 Å². The predicted octanol–water partition coefficient (Wildman–Crippen LogP) is 3.06. The molecular formula is C11H16O. The van der Waals surface area contributed by atoms with E-state index in [0.29, 0.717) is 5.92 Å². The van der Waals surface area contributed by atoms with E-state index >= 15 is 0 Å². The highest BCUT2D eigenvalue weighted by molar-refractivity contribution is 5.28. The molecular weight excluding hydrogens is 148 g/mol. The zero-order valence-corrected chi connectivity index (χ0v) is 7.68. The molecule has 0 saturated carbocycles. The average Bonchev–Trinajstić information content (AvgIpc) is 2.16. The minimum Gasteiger partial charge on any atom is -0.493 e. The molecule has 12 heavy (non-hydrogen) atoms. The lowest BCUT2D eigenvalue weighted by Gasteiger charge is -2.24. The molecule has 0 aromatic heterocycles. The van der Waals surface area contributed by atoms with Gasteiger partial charge in [-0.05, 0) is 30.4 Å². The van der Waals surface area contributed by atoms with E-state index in [0.717, 1.165) is 18.8 Å². The molecule has 66 valence electrons. The molecule has 0 aliphatic carbocycles. The van der Waals surface area contributed by atoms with Gasteiger partial charge in [-0.25, -0.2) is 0 Å². The van der Waals surface area contributed by atoms with Gasteiger partial charge in [0, 0.05) is 0 Å². The van der Waals surface area contributed by atoms with Crippen LogP contribution in [0.5, 0.6) is 0 Å². The van der Waals surface area contributed by atoms with Crippen LogP contribution in [0.25, 0.3) is 0 Å². The highest BCUT2D eigenvalue weighted by Crippen LogP contribution is 2.26. The second-order valence-electron chi connectivity index (χ2n) is 3.09. The molecule has 0 saturated heterocycles. The Labute approximate surface area is 74.4 Å². The smallest absolute Gasteiger partial charge is 0.121 e. The van der Waals surface area contributed by atoms with Crippen molar-refractivity contribution in [1.29, 1.82) is 0 Å². The van der Waals surface area contributed by atoms with Crippen LogP contribution < -0.4 is 0 Å². The average molecular weight is 164 g/mol. The van der Waals surface area contributed by atoms with Crippen molar-refractivity contribution < 1.29 is 4.74 Å². The van der Waals surface area contributed by atoms with Gasteiger partial charge in [-0.1, -0.05) is 26.2 Å². The van der Waals surface area contributed by atoms with E-state index < -0.39 is 0 Å². The lowest BCUT2D eigenvalue weighted by atomic mass is 9.94. The summed E-state index contributed by atoms with van der Waals surface area (Å²) in [5.41, 5.74) is 1.20. The summed E-state index contributed by atoms with van der Waals surface area (Å²) in [6.45, 7) is 10.5. The maximum atomic E-state index is 5.52. The quantitative estimate of drug-likeness (QED) is 0.623. The van der Waals surface area contributed by atoms with Gasteiger partial charge in [-0.15, -0.1) is 0 Å². The van der Waals surface area contributed by atoms with Crippen LogP contribution in [0.2, 0.25) is 0 Å². The maximum absolute atomic E-state index is 5.52. The molecule has 1 heterocycles. The molecule has 0 aromatic rings. The molecule has 0 radical (unpaired) electrons. The van der Waals surface area contributed by atoms with Crippen LogP contribution in [0.15, 0.2) is 36.6 Å².